The van der Waals surface area contributed by atoms with E-state index in [0.29, 0.717) is 38.5 Å². The summed E-state index contributed by atoms with van der Waals surface area (Å²) in [6, 6.07) is 4.07. The first kappa shape index (κ1) is 19.1. The van der Waals surface area contributed by atoms with Crippen molar-refractivity contribution < 1.29 is 14.0 Å². The number of amides is 2. The largest absolute Gasteiger partial charge is 0.339 e. The minimum atomic E-state index is -0.608. The van der Waals surface area contributed by atoms with Gasteiger partial charge in [-0.1, -0.05) is 11.6 Å². The fourth-order valence-electron chi connectivity index (χ4n) is 3.65. The maximum Gasteiger partial charge on any atom is 0.256 e. The second-order valence-electron chi connectivity index (χ2n) is 7.03. The van der Waals surface area contributed by atoms with E-state index in [9.17, 15) is 14.0 Å². The molecule has 26 heavy (non-hydrogen) atoms. The Kier molecular flexibility index (Phi) is 6.48. The number of carbonyl (C=O) groups excluding carboxylic acids is 2. The van der Waals surface area contributed by atoms with E-state index in [4.69, 9.17) is 11.6 Å². The first-order valence-corrected chi connectivity index (χ1v) is 9.65. The molecule has 0 unspecified atom stereocenters. The molecule has 2 amide bonds. The third-order valence-corrected chi connectivity index (χ3v) is 5.54. The van der Waals surface area contributed by atoms with Crippen LogP contribution in [0.15, 0.2) is 18.2 Å². The number of piperidine rings is 1. The normalized spacial score (nSPS) is 18.8. The molecule has 0 saturated carbocycles. The number of piperazine rings is 1. The average Bonchev–Trinajstić information content (AvgIpc) is 2.66. The molecular formula is C19H25ClFN3O2. The smallest absolute Gasteiger partial charge is 0.256 e. The first-order chi connectivity index (χ1) is 12.5. The molecule has 2 fully saturated rings. The Morgan fingerprint density at radius 1 is 1.12 bits per heavy atom. The first-order valence-electron chi connectivity index (χ1n) is 9.27. The Bertz CT molecular complexity index is 656. The predicted octanol–water partition coefficient (Wildman–Crippen LogP) is 2.54. The summed E-state index contributed by atoms with van der Waals surface area (Å²) < 4.78 is 13.9. The van der Waals surface area contributed by atoms with E-state index in [1.54, 1.807) is 4.90 Å². The van der Waals surface area contributed by atoms with Gasteiger partial charge in [-0.2, -0.15) is 0 Å². The predicted molar refractivity (Wildman–Crippen MR) is 98.7 cm³/mol. The number of halogens is 2. The molecule has 1 aromatic rings. The number of nitrogens with one attached hydrogen (secondary N) is 1. The quantitative estimate of drug-likeness (QED) is 0.872. The summed E-state index contributed by atoms with van der Waals surface area (Å²) in [7, 11) is 0. The maximum atomic E-state index is 13.9. The van der Waals surface area contributed by atoms with Crippen LogP contribution in [0.3, 0.4) is 0 Å². The molecule has 2 saturated heterocycles. The lowest BCUT2D eigenvalue weighted by Crippen LogP contribution is -2.50. The molecule has 3 rings (SSSR count). The van der Waals surface area contributed by atoms with E-state index in [1.807, 2.05) is 4.90 Å². The third-order valence-electron chi connectivity index (χ3n) is 5.31. The number of hydrogen-bond donors (Lipinski definition) is 1. The molecule has 0 atom stereocenters. The highest BCUT2D eigenvalue weighted by atomic mass is 35.5. The van der Waals surface area contributed by atoms with Crippen LogP contribution < -0.4 is 5.32 Å². The van der Waals surface area contributed by atoms with Gasteiger partial charge in [0.05, 0.1) is 5.56 Å². The van der Waals surface area contributed by atoms with Crippen LogP contribution in [0.25, 0.3) is 0 Å². The summed E-state index contributed by atoms with van der Waals surface area (Å²) in [6.07, 6.45) is 3.80. The molecule has 1 N–H and O–H groups in total. The lowest BCUT2D eigenvalue weighted by atomic mass is 9.93. The average molecular weight is 382 g/mol. The zero-order valence-corrected chi connectivity index (χ0v) is 15.6. The summed E-state index contributed by atoms with van der Waals surface area (Å²) in [5.41, 5.74) is 0.0279. The molecular weight excluding hydrogens is 357 g/mol. The van der Waals surface area contributed by atoms with Crippen LogP contribution in [0.4, 0.5) is 4.39 Å². The Labute approximate surface area is 158 Å². The molecule has 142 valence electrons. The van der Waals surface area contributed by atoms with E-state index >= 15 is 0 Å². The molecule has 5 nitrogen and oxygen atoms in total. The van der Waals surface area contributed by atoms with Gasteiger partial charge in [0, 0.05) is 37.6 Å². The van der Waals surface area contributed by atoms with Gasteiger partial charge in [-0.05, 0) is 56.5 Å². The monoisotopic (exact) mass is 381 g/mol. The van der Waals surface area contributed by atoms with Gasteiger partial charge in [-0.15, -0.1) is 0 Å². The lowest BCUT2D eigenvalue weighted by molar-refractivity contribution is -0.133. The molecule has 1 aromatic carbocycles. The minimum absolute atomic E-state index is 0.0279. The molecule has 2 aliphatic heterocycles. The fraction of sp³-hybridized carbons (Fsp3) is 0.579. The minimum Gasteiger partial charge on any atom is -0.339 e. The van der Waals surface area contributed by atoms with Gasteiger partial charge < -0.3 is 15.1 Å². The van der Waals surface area contributed by atoms with Gasteiger partial charge in [-0.3, -0.25) is 9.59 Å². The van der Waals surface area contributed by atoms with E-state index in [-0.39, 0.29) is 22.4 Å². The number of carbonyl (C=O) groups is 2. The van der Waals surface area contributed by atoms with E-state index in [1.165, 1.54) is 12.1 Å². The molecule has 0 spiro atoms. The van der Waals surface area contributed by atoms with Crippen molar-refractivity contribution in [3.8, 4) is 0 Å². The molecule has 2 heterocycles. The maximum absolute atomic E-state index is 13.9. The van der Waals surface area contributed by atoms with Crippen LogP contribution >= 0.6 is 11.6 Å². The summed E-state index contributed by atoms with van der Waals surface area (Å²) in [6.45, 7) is 3.96. The van der Waals surface area contributed by atoms with Crippen molar-refractivity contribution in [1.82, 2.24) is 15.1 Å². The SMILES string of the molecule is O=C(CCC1CCNCC1)N1CCN(C(=O)c2ccc(Cl)cc2F)CC1. The number of hydrogen-bond acceptors (Lipinski definition) is 3. The molecule has 0 bridgehead atoms. The second-order valence-corrected chi connectivity index (χ2v) is 7.47. The van der Waals surface area contributed by atoms with Gasteiger partial charge in [0.25, 0.3) is 5.91 Å². The highest BCUT2D eigenvalue weighted by Gasteiger charge is 2.26. The van der Waals surface area contributed by atoms with Crippen molar-refractivity contribution in [2.24, 2.45) is 5.92 Å². The molecule has 0 aliphatic carbocycles. The Hall–Kier alpha value is -1.66. The van der Waals surface area contributed by atoms with Gasteiger partial charge in [-0.25, -0.2) is 4.39 Å². The van der Waals surface area contributed by atoms with Crippen molar-refractivity contribution in [2.45, 2.75) is 25.7 Å². The summed E-state index contributed by atoms with van der Waals surface area (Å²) >= 11 is 5.73. The summed E-state index contributed by atoms with van der Waals surface area (Å²) in [4.78, 5) is 28.3. The van der Waals surface area contributed by atoms with Gasteiger partial charge in [0.1, 0.15) is 5.82 Å². The standard InChI is InChI=1S/C19H25ClFN3O2/c20-15-2-3-16(17(21)13-15)19(26)24-11-9-23(10-12-24)18(25)4-1-14-5-7-22-8-6-14/h2-3,13-14,22H,1,4-12H2. The van der Waals surface area contributed by atoms with Crippen molar-refractivity contribution in [3.63, 3.8) is 0 Å². The van der Waals surface area contributed by atoms with Gasteiger partial charge in [0.15, 0.2) is 0 Å². The Morgan fingerprint density at radius 3 is 2.42 bits per heavy atom. The Morgan fingerprint density at radius 2 is 1.77 bits per heavy atom. The van der Waals surface area contributed by atoms with Crippen LogP contribution in [0.1, 0.15) is 36.0 Å². The van der Waals surface area contributed by atoms with Crippen LogP contribution in [0.2, 0.25) is 5.02 Å². The van der Waals surface area contributed by atoms with Crippen molar-refractivity contribution in [2.75, 3.05) is 39.3 Å². The zero-order valence-electron chi connectivity index (χ0n) is 14.8. The highest BCUT2D eigenvalue weighted by molar-refractivity contribution is 6.30. The van der Waals surface area contributed by atoms with Crippen molar-refractivity contribution >= 4 is 23.4 Å². The fourth-order valence-corrected chi connectivity index (χ4v) is 3.81. The van der Waals surface area contributed by atoms with Crippen LogP contribution in [-0.4, -0.2) is 60.9 Å². The number of rotatable bonds is 4. The van der Waals surface area contributed by atoms with Crippen LogP contribution in [0.5, 0.6) is 0 Å². The zero-order chi connectivity index (χ0) is 18.5. The molecule has 0 radical (unpaired) electrons. The van der Waals surface area contributed by atoms with E-state index < -0.39 is 5.82 Å². The van der Waals surface area contributed by atoms with Gasteiger partial charge >= 0.3 is 0 Å². The second kappa shape index (κ2) is 8.82. The Balaban J connectivity index is 1.47. The van der Waals surface area contributed by atoms with Gasteiger partial charge in [0.2, 0.25) is 5.91 Å². The third kappa shape index (κ3) is 4.74. The molecule has 0 aromatic heterocycles. The summed E-state index contributed by atoms with van der Waals surface area (Å²) in [5.74, 6) is -0.159. The number of nitrogens with zero attached hydrogens (tertiary/aromatic N) is 2. The topological polar surface area (TPSA) is 52.7 Å². The van der Waals surface area contributed by atoms with E-state index in [0.717, 1.165) is 38.4 Å². The van der Waals surface area contributed by atoms with Crippen molar-refractivity contribution in [1.29, 1.82) is 0 Å². The van der Waals surface area contributed by atoms with Crippen molar-refractivity contribution in [3.05, 3.63) is 34.6 Å². The lowest BCUT2D eigenvalue weighted by Gasteiger charge is -2.35. The van der Waals surface area contributed by atoms with Crippen LogP contribution in [-0.2, 0) is 4.79 Å². The number of benzene rings is 1. The van der Waals surface area contributed by atoms with Crippen LogP contribution in [0, 0.1) is 11.7 Å². The molecule has 2 aliphatic rings. The van der Waals surface area contributed by atoms with E-state index in [2.05, 4.69) is 5.32 Å². The highest BCUT2D eigenvalue weighted by Crippen LogP contribution is 2.20. The molecule has 7 heteroatoms. The summed E-state index contributed by atoms with van der Waals surface area (Å²) in [5, 5.41) is 3.60.